The second-order valence-corrected chi connectivity index (χ2v) is 7.97. The second kappa shape index (κ2) is 11.3. The molecule has 0 fully saturated rings. The van der Waals surface area contributed by atoms with E-state index < -0.39 is 0 Å². The quantitative estimate of drug-likeness (QED) is 0.397. The maximum atomic E-state index is 5.81. The van der Waals surface area contributed by atoms with Crippen molar-refractivity contribution < 1.29 is 4.74 Å². The molecule has 0 aliphatic rings. The third-order valence-electron chi connectivity index (χ3n) is 5.35. The molecule has 7 nitrogen and oxygen atoms in total. The van der Waals surface area contributed by atoms with Crippen molar-refractivity contribution in [1.29, 1.82) is 0 Å². The van der Waals surface area contributed by atoms with Crippen LogP contribution in [0.15, 0.2) is 53.7 Å². The van der Waals surface area contributed by atoms with Gasteiger partial charge in [0.05, 0.1) is 17.9 Å². The van der Waals surface area contributed by atoms with Crippen molar-refractivity contribution >= 4 is 5.96 Å². The predicted molar refractivity (Wildman–Crippen MR) is 129 cm³/mol. The summed E-state index contributed by atoms with van der Waals surface area (Å²) in [5.74, 6) is 1.64. The Bertz CT molecular complexity index is 1010. The van der Waals surface area contributed by atoms with E-state index in [9.17, 15) is 0 Å². The molecule has 1 atom stereocenters. The first-order valence-corrected chi connectivity index (χ1v) is 11.1. The van der Waals surface area contributed by atoms with E-state index in [4.69, 9.17) is 9.73 Å². The molecule has 3 aromatic rings. The monoisotopic (exact) mass is 434 g/mol. The summed E-state index contributed by atoms with van der Waals surface area (Å²) in [6.07, 6.45) is 2.67. The third kappa shape index (κ3) is 6.57. The fourth-order valence-electron chi connectivity index (χ4n) is 3.53. The smallest absolute Gasteiger partial charge is 0.191 e. The maximum Gasteiger partial charge on any atom is 0.191 e. The van der Waals surface area contributed by atoms with Crippen molar-refractivity contribution in [3.63, 3.8) is 0 Å². The number of hydrogen-bond acceptors (Lipinski definition) is 4. The molecule has 0 aliphatic heterocycles. The number of benzene rings is 1. The first kappa shape index (κ1) is 23.3. The summed E-state index contributed by atoms with van der Waals surface area (Å²) in [5.41, 5.74) is 5.63. The molecule has 1 aromatic carbocycles. The Morgan fingerprint density at radius 2 is 1.94 bits per heavy atom. The maximum absolute atomic E-state index is 5.81. The summed E-state index contributed by atoms with van der Waals surface area (Å²) >= 11 is 0. The van der Waals surface area contributed by atoms with Gasteiger partial charge in [0, 0.05) is 31.5 Å². The standard InChI is InChI=1S/C25H34N6O/c1-6-26-25(29-18(2)15-24-19(3)30-31(5)20(24)4)28-16-21-10-12-23(13-11-21)32-17-22-9-7-8-14-27-22/h7-14,18H,6,15-17H2,1-5H3,(H2,26,28,29). The molecule has 0 radical (unpaired) electrons. The molecule has 7 heteroatoms. The number of aromatic nitrogens is 3. The summed E-state index contributed by atoms with van der Waals surface area (Å²) in [6, 6.07) is 14.1. The van der Waals surface area contributed by atoms with Crippen LogP contribution >= 0.6 is 0 Å². The molecule has 0 saturated carbocycles. The molecule has 0 aliphatic carbocycles. The number of aliphatic imine (C=N–C) groups is 1. The highest BCUT2D eigenvalue weighted by Crippen LogP contribution is 2.15. The molecule has 0 spiro atoms. The van der Waals surface area contributed by atoms with Crippen molar-refractivity contribution in [2.24, 2.45) is 12.0 Å². The molecule has 32 heavy (non-hydrogen) atoms. The van der Waals surface area contributed by atoms with Crippen LogP contribution in [0.5, 0.6) is 5.75 Å². The number of pyridine rings is 1. The lowest BCUT2D eigenvalue weighted by Crippen LogP contribution is -2.43. The predicted octanol–water partition coefficient (Wildman–Crippen LogP) is 3.70. The number of ether oxygens (including phenoxy) is 1. The highest BCUT2D eigenvalue weighted by atomic mass is 16.5. The van der Waals surface area contributed by atoms with Crippen LogP contribution in [0.1, 0.15) is 42.1 Å². The van der Waals surface area contributed by atoms with E-state index in [0.717, 1.165) is 41.6 Å². The lowest BCUT2D eigenvalue weighted by Gasteiger charge is -2.18. The Morgan fingerprint density at radius 1 is 1.16 bits per heavy atom. The molecule has 0 saturated heterocycles. The van der Waals surface area contributed by atoms with Gasteiger partial charge in [-0.3, -0.25) is 9.67 Å². The lowest BCUT2D eigenvalue weighted by atomic mass is 10.1. The van der Waals surface area contributed by atoms with Gasteiger partial charge < -0.3 is 15.4 Å². The van der Waals surface area contributed by atoms with Crippen molar-refractivity contribution in [2.75, 3.05) is 6.54 Å². The van der Waals surface area contributed by atoms with E-state index in [1.807, 2.05) is 54.2 Å². The number of rotatable bonds is 9. The molecule has 2 N–H and O–H groups in total. The van der Waals surface area contributed by atoms with Crippen molar-refractivity contribution in [2.45, 2.75) is 53.3 Å². The van der Waals surface area contributed by atoms with Gasteiger partial charge in [-0.15, -0.1) is 0 Å². The normalized spacial score (nSPS) is 12.5. The van der Waals surface area contributed by atoms with E-state index in [2.05, 4.69) is 48.4 Å². The minimum absolute atomic E-state index is 0.233. The molecule has 0 bridgehead atoms. The van der Waals surface area contributed by atoms with Crippen LogP contribution in [0.3, 0.4) is 0 Å². The highest BCUT2D eigenvalue weighted by molar-refractivity contribution is 5.80. The fourth-order valence-corrected chi connectivity index (χ4v) is 3.53. The summed E-state index contributed by atoms with van der Waals surface area (Å²) in [4.78, 5) is 9.04. The summed E-state index contributed by atoms with van der Waals surface area (Å²) in [7, 11) is 1.99. The number of nitrogens with zero attached hydrogens (tertiary/aromatic N) is 4. The SMILES string of the molecule is CCNC(=NCc1ccc(OCc2ccccn2)cc1)NC(C)Cc1c(C)nn(C)c1C. The highest BCUT2D eigenvalue weighted by Gasteiger charge is 2.14. The van der Waals surface area contributed by atoms with Crippen molar-refractivity contribution in [1.82, 2.24) is 25.4 Å². The molecule has 1 unspecified atom stereocenters. The Morgan fingerprint density at radius 3 is 2.56 bits per heavy atom. The summed E-state index contributed by atoms with van der Waals surface area (Å²) < 4.78 is 7.76. The van der Waals surface area contributed by atoms with E-state index in [1.165, 1.54) is 11.3 Å². The number of guanidine groups is 1. The molecule has 170 valence electrons. The number of nitrogens with one attached hydrogen (secondary N) is 2. The molecule has 3 rings (SSSR count). The van der Waals surface area contributed by atoms with Gasteiger partial charge in [-0.25, -0.2) is 4.99 Å². The van der Waals surface area contributed by atoms with Gasteiger partial charge in [-0.1, -0.05) is 18.2 Å². The van der Waals surface area contributed by atoms with Crippen LogP contribution in [0.25, 0.3) is 0 Å². The zero-order chi connectivity index (χ0) is 22.9. The Balaban J connectivity index is 1.55. The van der Waals surface area contributed by atoms with Gasteiger partial charge in [0.25, 0.3) is 0 Å². The summed E-state index contributed by atoms with van der Waals surface area (Å²) in [6.45, 7) is 10.3. The molecular formula is C25H34N6O. The Labute approximate surface area is 190 Å². The minimum atomic E-state index is 0.233. The number of aryl methyl sites for hydroxylation is 2. The topological polar surface area (TPSA) is 76.4 Å². The van der Waals surface area contributed by atoms with Gasteiger partial charge in [-0.05, 0) is 69.5 Å². The zero-order valence-electron chi connectivity index (χ0n) is 19.7. The number of hydrogen-bond donors (Lipinski definition) is 2. The van der Waals surface area contributed by atoms with Gasteiger partial charge in [0.15, 0.2) is 5.96 Å². The summed E-state index contributed by atoms with van der Waals surface area (Å²) in [5, 5.41) is 11.4. The van der Waals surface area contributed by atoms with Gasteiger partial charge in [0.2, 0.25) is 0 Å². The average Bonchev–Trinajstić information content (AvgIpc) is 3.03. The minimum Gasteiger partial charge on any atom is -0.487 e. The lowest BCUT2D eigenvalue weighted by molar-refractivity contribution is 0.301. The Kier molecular flexibility index (Phi) is 8.25. The van der Waals surface area contributed by atoms with Crippen LogP contribution in [0, 0.1) is 13.8 Å². The van der Waals surface area contributed by atoms with Gasteiger partial charge in [-0.2, -0.15) is 5.10 Å². The zero-order valence-corrected chi connectivity index (χ0v) is 19.7. The van der Waals surface area contributed by atoms with E-state index >= 15 is 0 Å². The molecule has 0 amide bonds. The average molecular weight is 435 g/mol. The Hall–Kier alpha value is -3.35. The van der Waals surface area contributed by atoms with E-state index in [1.54, 1.807) is 6.20 Å². The first-order chi connectivity index (χ1) is 15.5. The van der Waals surface area contributed by atoms with Crippen molar-refractivity contribution in [3.05, 3.63) is 76.9 Å². The third-order valence-corrected chi connectivity index (χ3v) is 5.35. The van der Waals surface area contributed by atoms with Crippen LogP contribution < -0.4 is 15.4 Å². The molecule has 2 heterocycles. The van der Waals surface area contributed by atoms with Crippen molar-refractivity contribution in [3.8, 4) is 5.75 Å². The van der Waals surface area contributed by atoms with Gasteiger partial charge in [0.1, 0.15) is 12.4 Å². The fraction of sp³-hybridized carbons (Fsp3) is 0.400. The molecular weight excluding hydrogens is 400 g/mol. The molecule has 2 aromatic heterocycles. The second-order valence-electron chi connectivity index (χ2n) is 7.97. The van der Waals surface area contributed by atoms with Gasteiger partial charge >= 0.3 is 0 Å². The van der Waals surface area contributed by atoms with Crippen LogP contribution in [-0.2, 0) is 26.6 Å². The first-order valence-electron chi connectivity index (χ1n) is 11.1. The van der Waals surface area contributed by atoms with E-state index in [-0.39, 0.29) is 6.04 Å². The van der Waals surface area contributed by atoms with Crippen LogP contribution in [0.4, 0.5) is 0 Å². The van der Waals surface area contributed by atoms with Crippen LogP contribution in [-0.4, -0.2) is 33.3 Å². The largest absolute Gasteiger partial charge is 0.487 e. The van der Waals surface area contributed by atoms with Crippen LogP contribution in [0.2, 0.25) is 0 Å². The van der Waals surface area contributed by atoms with E-state index in [0.29, 0.717) is 13.2 Å².